The zero-order valence-corrected chi connectivity index (χ0v) is 6.73. The summed E-state index contributed by atoms with van der Waals surface area (Å²) >= 11 is 1.75. The van der Waals surface area contributed by atoms with E-state index in [2.05, 4.69) is 17.9 Å². The molecule has 0 amide bonds. The summed E-state index contributed by atoms with van der Waals surface area (Å²) in [6, 6.07) is 4.30. The van der Waals surface area contributed by atoms with Gasteiger partial charge in [0, 0.05) is 0 Å². The molecule has 1 rings (SSSR count). The zero-order valence-electron chi connectivity index (χ0n) is 3.31. The van der Waals surface area contributed by atoms with Crippen molar-refractivity contribution in [2.45, 2.75) is 0 Å². The first-order chi connectivity index (χ1) is 2.89. The Kier molecular flexibility index (Phi) is 1.40. The van der Waals surface area contributed by atoms with E-state index in [9.17, 15) is 0 Å². The maximum absolute atomic E-state index is 2.21. The van der Waals surface area contributed by atoms with Crippen LogP contribution in [0.25, 0.3) is 0 Å². The molecule has 0 N–H and O–H groups in total. The van der Waals surface area contributed by atoms with Gasteiger partial charge in [-0.2, -0.15) is 0 Å². The van der Waals surface area contributed by atoms with Gasteiger partial charge >= 0.3 is 47.1 Å². The Morgan fingerprint density at radius 1 is 1.67 bits per heavy atom. The Labute approximate surface area is 47.5 Å². The molecule has 1 heterocycles. The van der Waals surface area contributed by atoms with Gasteiger partial charge in [0.2, 0.25) is 0 Å². The number of rotatable bonds is 0. The van der Waals surface area contributed by atoms with Crippen molar-refractivity contribution in [2.75, 3.05) is 0 Å². The molecule has 0 bridgehead atoms. The topological polar surface area (TPSA) is 0 Å². The predicted molar refractivity (Wildman–Crippen MR) is 34.1 cm³/mol. The Morgan fingerprint density at radius 2 is 2.50 bits per heavy atom. The van der Waals surface area contributed by atoms with E-state index in [1.54, 1.807) is 20.9 Å². The minimum absolute atomic E-state index is 0.991. The van der Waals surface area contributed by atoms with Crippen LogP contribution < -0.4 is 4.08 Å². The van der Waals surface area contributed by atoms with Gasteiger partial charge in [-0.1, -0.05) is 0 Å². The van der Waals surface area contributed by atoms with E-state index in [4.69, 9.17) is 0 Å². The van der Waals surface area contributed by atoms with Gasteiger partial charge in [0.25, 0.3) is 0 Å². The molecule has 0 fully saturated rings. The summed E-state index contributed by atoms with van der Waals surface area (Å²) in [7, 11) is 0.991. The van der Waals surface area contributed by atoms with Crippen molar-refractivity contribution in [2.24, 2.45) is 0 Å². The second kappa shape index (κ2) is 1.87. The first-order valence-electron chi connectivity index (χ1n) is 1.78. The molecule has 1 aromatic rings. The average molecular weight is 160 g/mol. The van der Waals surface area contributed by atoms with Crippen molar-refractivity contribution in [3.05, 3.63) is 17.9 Å². The van der Waals surface area contributed by atoms with Crippen molar-refractivity contribution in [1.29, 1.82) is 0 Å². The van der Waals surface area contributed by atoms with E-state index in [0.29, 0.717) is 0 Å². The Hall–Kier alpha value is 0.338. The van der Waals surface area contributed by atoms with Gasteiger partial charge in [-0.05, 0) is 0 Å². The monoisotopic (exact) mass is 160 g/mol. The first kappa shape index (κ1) is 4.50. The van der Waals surface area contributed by atoms with Gasteiger partial charge in [-0.15, -0.1) is 0 Å². The Bertz CT molecular complexity index is 111. The fourth-order valence-electron chi connectivity index (χ4n) is 0.344. The third-order valence-electron chi connectivity index (χ3n) is 0.622. The first-order valence-corrected chi connectivity index (χ1v) is 4.07. The van der Waals surface area contributed by atoms with E-state index in [0.717, 1.165) is 8.19 Å². The summed E-state index contributed by atoms with van der Waals surface area (Å²) in [6.45, 7) is 0. The van der Waals surface area contributed by atoms with Crippen LogP contribution >= 0.6 is 8.19 Å². The molecule has 0 aliphatic rings. The van der Waals surface area contributed by atoms with Gasteiger partial charge in [0.05, 0.1) is 0 Å². The fraction of sp³-hybridized carbons (Fsp3) is 0. The van der Waals surface area contributed by atoms with E-state index < -0.39 is 0 Å². The van der Waals surface area contributed by atoms with Crippen LogP contribution in [0.5, 0.6) is 0 Å². The van der Waals surface area contributed by atoms with E-state index in [-0.39, 0.29) is 0 Å². The molecule has 0 spiro atoms. The third kappa shape index (κ3) is 0.898. The van der Waals surface area contributed by atoms with E-state index in [1.165, 1.54) is 0 Å². The summed E-state index contributed by atoms with van der Waals surface area (Å²) in [5.74, 6) is 2.21. The molecule has 0 radical (unpaired) electrons. The van der Waals surface area contributed by atoms with Gasteiger partial charge < -0.3 is 0 Å². The van der Waals surface area contributed by atoms with Crippen LogP contribution in [0.2, 0.25) is 0 Å². The van der Waals surface area contributed by atoms with Crippen molar-refractivity contribution >= 4 is 29.1 Å². The molecular formula is C4H6AsP. The van der Waals surface area contributed by atoms with E-state index in [1.807, 2.05) is 0 Å². The second-order valence-corrected chi connectivity index (χ2v) is 4.84. The molecular weight excluding hydrogens is 154 g/mol. The van der Waals surface area contributed by atoms with Crippen LogP contribution in [0.4, 0.5) is 0 Å². The van der Waals surface area contributed by atoms with Crippen LogP contribution in [0.15, 0.2) is 17.9 Å². The normalized spacial score (nSPS) is 10.2. The molecule has 6 heavy (non-hydrogen) atoms. The molecule has 0 aromatic carbocycles. The summed E-state index contributed by atoms with van der Waals surface area (Å²) in [4.78, 5) is 0. The summed E-state index contributed by atoms with van der Waals surface area (Å²) in [5.41, 5.74) is 0. The van der Waals surface area contributed by atoms with Crippen molar-refractivity contribution < 1.29 is 0 Å². The van der Waals surface area contributed by atoms with Crippen LogP contribution in [0, 0.1) is 0 Å². The standard InChI is InChI=1S/C4H6AsP/c5-4-2-1-3-6-4/h1-3,6H,5H2. The number of hydrogen-bond acceptors (Lipinski definition) is 0. The van der Waals surface area contributed by atoms with Crippen LogP contribution in [0.3, 0.4) is 0 Å². The molecule has 1 aromatic heterocycles. The molecule has 0 saturated carbocycles. The van der Waals surface area contributed by atoms with Crippen LogP contribution in [-0.4, -0.2) is 16.9 Å². The predicted octanol–water partition coefficient (Wildman–Crippen LogP) is -0.0237. The second-order valence-electron chi connectivity index (χ2n) is 1.13. The molecule has 2 heteroatoms. The van der Waals surface area contributed by atoms with Crippen molar-refractivity contribution in [1.82, 2.24) is 0 Å². The third-order valence-corrected chi connectivity index (χ3v) is 2.93. The summed E-state index contributed by atoms with van der Waals surface area (Å²) in [5, 5.41) is 0. The molecule has 0 saturated heterocycles. The quantitative estimate of drug-likeness (QED) is 0.467. The molecule has 0 aliphatic heterocycles. The minimum atomic E-state index is 0.991. The van der Waals surface area contributed by atoms with Crippen LogP contribution in [-0.2, 0) is 0 Å². The average Bonchev–Trinajstić information content (AvgIpc) is 1.86. The fourth-order valence-corrected chi connectivity index (χ4v) is 1.76. The van der Waals surface area contributed by atoms with Gasteiger partial charge in [0.1, 0.15) is 0 Å². The van der Waals surface area contributed by atoms with Gasteiger partial charge in [-0.3, -0.25) is 0 Å². The molecule has 32 valence electrons. The van der Waals surface area contributed by atoms with Crippen LogP contribution in [0.1, 0.15) is 0 Å². The zero-order chi connectivity index (χ0) is 4.41. The molecule has 2 atom stereocenters. The number of hydrogen-bond donors (Lipinski definition) is 0. The molecule has 0 aliphatic carbocycles. The molecule has 2 unspecified atom stereocenters. The van der Waals surface area contributed by atoms with Gasteiger partial charge in [-0.25, -0.2) is 0 Å². The maximum atomic E-state index is 2.21. The Morgan fingerprint density at radius 3 is 2.67 bits per heavy atom. The van der Waals surface area contributed by atoms with Crippen molar-refractivity contribution in [3.8, 4) is 0 Å². The van der Waals surface area contributed by atoms with E-state index >= 15 is 0 Å². The SMILES string of the molecule is [AsH2]c1ccc[pH]1. The summed E-state index contributed by atoms with van der Waals surface area (Å²) < 4.78 is 1.56. The van der Waals surface area contributed by atoms with Crippen molar-refractivity contribution in [3.63, 3.8) is 0 Å². The summed E-state index contributed by atoms with van der Waals surface area (Å²) in [6.07, 6.45) is 0. The van der Waals surface area contributed by atoms with Gasteiger partial charge in [0.15, 0.2) is 0 Å². The Balaban J connectivity index is 3.05. The molecule has 0 nitrogen and oxygen atoms in total.